The summed E-state index contributed by atoms with van der Waals surface area (Å²) in [5.74, 6) is 0.826. The largest absolute Gasteiger partial charge is 0.495 e. The van der Waals surface area contributed by atoms with E-state index >= 15 is 0 Å². The predicted molar refractivity (Wildman–Crippen MR) is 86.8 cm³/mol. The fourth-order valence-corrected chi connectivity index (χ4v) is 2.51. The van der Waals surface area contributed by atoms with Crippen molar-refractivity contribution in [2.24, 2.45) is 0 Å². The van der Waals surface area contributed by atoms with Gasteiger partial charge in [0.1, 0.15) is 11.4 Å². The van der Waals surface area contributed by atoms with Gasteiger partial charge in [-0.15, -0.1) is 0 Å². The van der Waals surface area contributed by atoms with Gasteiger partial charge in [-0.2, -0.15) is 0 Å². The van der Waals surface area contributed by atoms with Crippen LogP contribution in [0.4, 0.5) is 0 Å². The van der Waals surface area contributed by atoms with Gasteiger partial charge in [0.25, 0.3) is 0 Å². The molecule has 2 rings (SSSR count). The molecule has 0 saturated carbocycles. The zero-order chi connectivity index (χ0) is 15.2. The summed E-state index contributed by atoms with van der Waals surface area (Å²) < 4.78 is 5.50. The van der Waals surface area contributed by atoms with E-state index in [1.54, 1.807) is 7.11 Å². The molecular formula is C18H24N2O. The SMILES string of the molecule is CCCNC(c1cc(C)ccc1C)c1ncccc1OC. The van der Waals surface area contributed by atoms with Gasteiger partial charge in [-0.1, -0.05) is 30.7 Å². The molecule has 1 atom stereocenters. The third-order valence-electron chi connectivity index (χ3n) is 3.64. The van der Waals surface area contributed by atoms with Crippen LogP contribution in [0.1, 0.15) is 41.8 Å². The summed E-state index contributed by atoms with van der Waals surface area (Å²) in [6.07, 6.45) is 2.90. The molecule has 1 unspecified atom stereocenters. The summed E-state index contributed by atoms with van der Waals surface area (Å²) in [5.41, 5.74) is 4.73. The quantitative estimate of drug-likeness (QED) is 0.876. The van der Waals surface area contributed by atoms with Crippen LogP contribution in [-0.2, 0) is 0 Å². The topological polar surface area (TPSA) is 34.2 Å². The number of ether oxygens (including phenoxy) is 1. The Balaban J connectivity index is 2.49. The number of aryl methyl sites for hydroxylation is 2. The zero-order valence-corrected chi connectivity index (χ0v) is 13.3. The van der Waals surface area contributed by atoms with E-state index in [2.05, 4.69) is 49.3 Å². The van der Waals surface area contributed by atoms with Crippen LogP contribution >= 0.6 is 0 Å². The van der Waals surface area contributed by atoms with Gasteiger partial charge < -0.3 is 10.1 Å². The fraction of sp³-hybridized carbons (Fsp3) is 0.389. The van der Waals surface area contributed by atoms with Crippen LogP contribution in [0.3, 0.4) is 0 Å². The van der Waals surface area contributed by atoms with Gasteiger partial charge in [-0.25, -0.2) is 0 Å². The van der Waals surface area contributed by atoms with Crippen molar-refractivity contribution in [2.45, 2.75) is 33.2 Å². The first kappa shape index (κ1) is 15.5. The van der Waals surface area contributed by atoms with Crippen LogP contribution in [0.5, 0.6) is 5.75 Å². The van der Waals surface area contributed by atoms with Gasteiger partial charge in [0, 0.05) is 6.20 Å². The van der Waals surface area contributed by atoms with Crippen LogP contribution in [-0.4, -0.2) is 18.6 Å². The van der Waals surface area contributed by atoms with Crippen molar-refractivity contribution in [3.8, 4) is 5.75 Å². The summed E-state index contributed by atoms with van der Waals surface area (Å²) in [5, 5.41) is 3.60. The highest BCUT2D eigenvalue weighted by Gasteiger charge is 2.20. The van der Waals surface area contributed by atoms with Crippen molar-refractivity contribution in [3.63, 3.8) is 0 Å². The van der Waals surface area contributed by atoms with E-state index in [9.17, 15) is 0 Å². The maximum Gasteiger partial charge on any atom is 0.142 e. The molecular weight excluding hydrogens is 260 g/mol. The molecule has 0 fully saturated rings. The summed E-state index contributed by atoms with van der Waals surface area (Å²) in [6, 6.07) is 10.5. The lowest BCUT2D eigenvalue weighted by atomic mass is 9.95. The highest BCUT2D eigenvalue weighted by Crippen LogP contribution is 2.30. The second-order valence-electron chi connectivity index (χ2n) is 5.34. The Morgan fingerprint density at radius 3 is 2.76 bits per heavy atom. The number of methoxy groups -OCH3 is 1. The third-order valence-corrected chi connectivity index (χ3v) is 3.64. The second-order valence-corrected chi connectivity index (χ2v) is 5.34. The van der Waals surface area contributed by atoms with E-state index in [1.807, 2.05) is 18.3 Å². The van der Waals surface area contributed by atoms with Crippen LogP contribution < -0.4 is 10.1 Å². The highest BCUT2D eigenvalue weighted by atomic mass is 16.5. The van der Waals surface area contributed by atoms with E-state index in [4.69, 9.17) is 4.74 Å². The molecule has 0 aliphatic rings. The molecule has 1 aromatic heterocycles. The Bertz CT molecular complexity index is 596. The van der Waals surface area contributed by atoms with Crippen molar-refractivity contribution in [1.29, 1.82) is 0 Å². The molecule has 1 heterocycles. The summed E-state index contributed by atoms with van der Waals surface area (Å²) >= 11 is 0. The molecule has 3 nitrogen and oxygen atoms in total. The van der Waals surface area contributed by atoms with Crippen molar-refractivity contribution in [3.05, 3.63) is 58.9 Å². The average Bonchev–Trinajstić information content (AvgIpc) is 2.51. The molecule has 0 bridgehead atoms. The Hall–Kier alpha value is -1.87. The lowest BCUT2D eigenvalue weighted by molar-refractivity contribution is 0.399. The molecule has 0 aliphatic heterocycles. The van der Waals surface area contributed by atoms with Crippen LogP contribution in [0, 0.1) is 13.8 Å². The Labute approximate surface area is 127 Å². The monoisotopic (exact) mass is 284 g/mol. The molecule has 2 aromatic rings. The lowest BCUT2D eigenvalue weighted by Crippen LogP contribution is -2.25. The molecule has 0 spiro atoms. The summed E-state index contributed by atoms with van der Waals surface area (Å²) in [7, 11) is 1.69. The standard InChI is InChI=1S/C18H24N2O/c1-5-10-19-17(15-12-13(2)8-9-14(15)3)18-16(21-4)7-6-11-20-18/h6-9,11-12,17,19H,5,10H2,1-4H3. The van der Waals surface area contributed by atoms with Gasteiger partial charge in [0.15, 0.2) is 0 Å². The number of hydrogen-bond acceptors (Lipinski definition) is 3. The van der Waals surface area contributed by atoms with Gasteiger partial charge >= 0.3 is 0 Å². The van der Waals surface area contributed by atoms with Crippen LogP contribution in [0.15, 0.2) is 36.5 Å². The first-order valence-corrected chi connectivity index (χ1v) is 7.46. The van der Waals surface area contributed by atoms with E-state index in [-0.39, 0.29) is 6.04 Å². The van der Waals surface area contributed by atoms with Crippen molar-refractivity contribution >= 4 is 0 Å². The minimum Gasteiger partial charge on any atom is -0.495 e. The molecule has 0 amide bonds. The molecule has 0 radical (unpaired) electrons. The number of aromatic nitrogens is 1. The number of nitrogens with one attached hydrogen (secondary N) is 1. The van der Waals surface area contributed by atoms with E-state index in [0.29, 0.717) is 0 Å². The third kappa shape index (κ3) is 3.61. The number of benzene rings is 1. The first-order chi connectivity index (χ1) is 10.2. The highest BCUT2D eigenvalue weighted by molar-refractivity contribution is 5.41. The fourth-order valence-electron chi connectivity index (χ4n) is 2.51. The number of hydrogen-bond donors (Lipinski definition) is 1. The molecule has 3 heteroatoms. The Morgan fingerprint density at radius 2 is 2.05 bits per heavy atom. The summed E-state index contributed by atoms with van der Waals surface area (Å²) in [6.45, 7) is 7.38. The molecule has 0 aliphatic carbocycles. The van der Waals surface area contributed by atoms with E-state index in [1.165, 1.54) is 16.7 Å². The normalized spacial score (nSPS) is 12.2. The van der Waals surface area contributed by atoms with Gasteiger partial charge in [-0.3, -0.25) is 4.98 Å². The molecule has 0 saturated heterocycles. The number of pyridine rings is 1. The van der Waals surface area contributed by atoms with Gasteiger partial charge in [0.05, 0.1) is 13.2 Å². The smallest absolute Gasteiger partial charge is 0.142 e. The maximum absolute atomic E-state index is 5.50. The maximum atomic E-state index is 5.50. The summed E-state index contributed by atoms with van der Waals surface area (Å²) in [4.78, 5) is 4.56. The van der Waals surface area contributed by atoms with E-state index in [0.717, 1.165) is 24.4 Å². The first-order valence-electron chi connectivity index (χ1n) is 7.46. The van der Waals surface area contributed by atoms with Crippen molar-refractivity contribution in [2.75, 3.05) is 13.7 Å². The zero-order valence-electron chi connectivity index (χ0n) is 13.3. The van der Waals surface area contributed by atoms with Crippen molar-refractivity contribution < 1.29 is 4.74 Å². The Morgan fingerprint density at radius 1 is 1.24 bits per heavy atom. The average molecular weight is 284 g/mol. The van der Waals surface area contributed by atoms with Crippen molar-refractivity contribution in [1.82, 2.24) is 10.3 Å². The van der Waals surface area contributed by atoms with Crippen LogP contribution in [0.25, 0.3) is 0 Å². The molecule has 1 aromatic carbocycles. The van der Waals surface area contributed by atoms with E-state index < -0.39 is 0 Å². The number of nitrogens with zero attached hydrogens (tertiary/aromatic N) is 1. The van der Waals surface area contributed by atoms with Gasteiger partial charge in [-0.05, 0) is 50.1 Å². The minimum absolute atomic E-state index is 0.0565. The Kier molecular flexibility index (Phi) is 5.34. The molecule has 1 N–H and O–H groups in total. The lowest BCUT2D eigenvalue weighted by Gasteiger charge is -2.22. The van der Waals surface area contributed by atoms with Gasteiger partial charge in [0.2, 0.25) is 0 Å². The predicted octanol–water partition coefficient (Wildman–Crippen LogP) is 3.80. The number of rotatable bonds is 6. The minimum atomic E-state index is 0.0565. The van der Waals surface area contributed by atoms with Crippen LogP contribution in [0.2, 0.25) is 0 Å². The second kappa shape index (κ2) is 7.23. The molecule has 21 heavy (non-hydrogen) atoms. The molecule has 112 valence electrons.